The molecule has 0 aliphatic heterocycles. The van der Waals surface area contributed by atoms with Crippen molar-refractivity contribution in [2.75, 3.05) is 25.5 Å². The maximum Gasteiger partial charge on any atom is 0.338 e. The molecule has 11 nitrogen and oxygen atoms in total. The van der Waals surface area contributed by atoms with Gasteiger partial charge in [0.1, 0.15) is 17.3 Å². The van der Waals surface area contributed by atoms with E-state index in [1.807, 2.05) is 13.0 Å². The Labute approximate surface area is 278 Å². The molecule has 0 spiro atoms. The zero-order valence-electron chi connectivity index (χ0n) is 27.6. The summed E-state index contributed by atoms with van der Waals surface area (Å²) < 4.78 is 40.5. The van der Waals surface area contributed by atoms with Crippen molar-refractivity contribution in [1.29, 1.82) is 0 Å². The van der Waals surface area contributed by atoms with Gasteiger partial charge in [-0.2, -0.15) is 0 Å². The molecule has 47 heavy (non-hydrogen) atoms. The molecule has 12 heteroatoms. The summed E-state index contributed by atoms with van der Waals surface area (Å²) in [7, 11) is -2.98. The van der Waals surface area contributed by atoms with Gasteiger partial charge in [0.15, 0.2) is 5.75 Å². The first kappa shape index (κ1) is 37.5. The molecule has 0 bridgehead atoms. The van der Waals surface area contributed by atoms with Gasteiger partial charge < -0.3 is 14.8 Å². The van der Waals surface area contributed by atoms with E-state index in [-0.39, 0.29) is 35.1 Å². The number of sulfonamides is 1. The number of ether oxygens (including phenoxy) is 2. The van der Waals surface area contributed by atoms with Gasteiger partial charge in [0.25, 0.3) is 15.7 Å². The lowest BCUT2D eigenvalue weighted by Crippen LogP contribution is -2.28. The number of hydrogen-bond donors (Lipinski definition) is 1. The molecule has 0 aromatic heterocycles. The third-order valence-corrected chi connectivity index (χ3v) is 9.15. The van der Waals surface area contributed by atoms with Crippen LogP contribution in [0.15, 0.2) is 71.6 Å². The van der Waals surface area contributed by atoms with Gasteiger partial charge >= 0.3 is 5.97 Å². The van der Waals surface area contributed by atoms with E-state index in [0.29, 0.717) is 30.0 Å². The van der Waals surface area contributed by atoms with Crippen molar-refractivity contribution in [3.05, 3.63) is 88.0 Å². The van der Waals surface area contributed by atoms with E-state index < -0.39 is 20.9 Å². The number of benzene rings is 3. The van der Waals surface area contributed by atoms with Crippen LogP contribution in [0.3, 0.4) is 0 Å². The number of nitro benzene ring substituents is 1. The van der Waals surface area contributed by atoms with E-state index in [2.05, 4.69) is 12.2 Å². The van der Waals surface area contributed by atoms with Gasteiger partial charge in [-0.3, -0.25) is 15.0 Å². The average molecular weight is 670 g/mol. The number of anilines is 1. The molecule has 0 radical (unpaired) electrons. The molecule has 0 heterocycles. The summed E-state index contributed by atoms with van der Waals surface area (Å²) in [6, 6.07) is 17.2. The number of para-hydroxylation sites is 1. The first-order valence-corrected chi connectivity index (χ1v) is 17.8. The van der Waals surface area contributed by atoms with Crippen LogP contribution in [0.2, 0.25) is 0 Å². The Hall–Kier alpha value is -4.00. The van der Waals surface area contributed by atoms with Crippen molar-refractivity contribution in [3.8, 4) is 11.5 Å². The standard InChI is InChI=1S/C35H47N3O8S/c1-4-6-8-9-10-11-12-16-24-45-37(3)47(42,43)33-26-29(35(39)44-27-28-19-21-30(22-20-28)38(40)41)25-32(36-23-7-5-2)34(33)46-31-17-14-13-15-18-31/h13-15,17-22,25-26,36H,4-12,16,23-24,27H2,1-3H3. The number of esters is 1. The lowest BCUT2D eigenvalue weighted by atomic mass is 10.1. The molecule has 0 aliphatic carbocycles. The minimum atomic E-state index is -4.31. The van der Waals surface area contributed by atoms with Crippen molar-refractivity contribution < 1.29 is 32.4 Å². The molecular formula is C35H47N3O8S. The van der Waals surface area contributed by atoms with E-state index in [4.69, 9.17) is 14.3 Å². The van der Waals surface area contributed by atoms with Crippen LogP contribution in [0.25, 0.3) is 0 Å². The van der Waals surface area contributed by atoms with Crippen molar-refractivity contribution in [1.82, 2.24) is 4.47 Å². The highest BCUT2D eigenvalue weighted by atomic mass is 32.2. The van der Waals surface area contributed by atoms with E-state index in [1.54, 1.807) is 24.3 Å². The molecule has 0 saturated heterocycles. The van der Waals surface area contributed by atoms with E-state index in [1.165, 1.54) is 69.1 Å². The molecule has 0 atom stereocenters. The number of carbonyl (C=O) groups excluding carboxylic acids is 1. The number of nitrogens with zero attached hydrogens (tertiary/aromatic N) is 2. The summed E-state index contributed by atoms with van der Waals surface area (Å²) in [4.78, 5) is 29.2. The highest BCUT2D eigenvalue weighted by molar-refractivity contribution is 7.89. The highest BCUT2D eigenvalue weighted by Crippen LogP contribution is 2.39. The van der Waals surface area contributed by atoms with Crippen molar-refractivity contribution >= 4 is 27.4 Å². The number of nitro groups is 1. The quantitative estimate of drug-likeness (QED) is 0.0482. The Morgan fingerprint density at radius 2 is 1.51 bits per heavy atom. The number of rotatable bonds is 22. The predicted molar refractivity (Wildman–Crippen MR) is 182 cm³/mol. The Morgan fingerprint density at radius 1 is 0.872 bits per heavy atom. The van der Waals surface area contributed by atoms with Gasteiger partial charge in [0.05, 0.1) is 22.8 Å². The van der Waals surface area contributed by atoms with Crippen molar-refractivity contribution in [2.45, 2.75) is 89.6 Å². The van der Waals surface area contributed by atoms with Crippen LogP contribution in [0.1, 0.15) is 94.0 Å². The number of non-ortho nitro benzene ring substituents is 1. The monoisotopic (exact) mass is 669 g/mol. The summed E-state index contributed by atoms with van der Waals surface area (Å²) in [5, 5.41) is 14.2. The minimum absolute atomic E-state index is 0.0126. The SMILES string of the molecule is CCCCCCCCCCON(C)S(=O)(=O)c1cc(C(=O)OCc2ccc([N+](=O)[O-])cc2)cc(NCCCC)c1Oc1ccccc1. The number of carbonyl (C=O) groups is 1. The minimum Gasteiger partial charge on any atom is -0.457 e. The summed E-state index contributed by atoms with van der Waals surface area (Å²) in [6.45, 7) is 4.78. The third-order valence-electron chi connectivity index (χ3n) is 7.50. The summed E-state index contributed by atoms with van der Waals surface area (Å²) in [5.41, 5.74) is 0.750. The first-order valence-electron chi connectivity index (χ1n) is 16.3. The van der Waals surface area contributed by atoms with Gasteiger partial charge in [0, 0.05) is 25.7 Å². The molecule has 0 unspecified atom stereocenters. The number of hydrogen-bond acceptors (Lipinski definition) is 9. The second kappa shape index (κ2) is 19.6. The Morgan fingerprint density at radius 3 is 2.15 bits per heavy atom. The summed E-state index contributed by atoms with van der Waals surface area (Å²) in [6.07, 6.45) is 10.4. The lowest BCUT2D eigenvalue weighted by Gasteiger charge is -2.22. The van der Waals surface area contributed by atoms with Crippen LogP contribution in [-0.2, 0) is 26.2 Å². The Kier molecular flexibility index (Phi) is 15.6. The molecular weight excluding hydrogens is 622 g/mol. The molecule has 256 valence electrons. The lowest BCUT2D eigenvalue weighted by molar-refractivity contribution is -0.384. The topological polar surface area (TPSA) is 137 Å². The van der Waals surface area contributed by atoms with Gasteiger partial charge in [-0.1, -0.05) is 87.9 Å². The van der Waals surface area contributed by atoms with Crippen LogP contribution < -0.4 is 10.1 Å². The molecule has 1 N–H and O–H groups in total. The molecule has 3 aromatic carbocycles. The second-order valence-corrected chi connectivity index (χ2v) is 13.2. The molecule has 0 fully saturated rings. The number of hydroxylamine groups is 1. The van der Waals surface area contributed by atoms with Gasteiger partial charge in [-0.25, -0.2) is 13.2 Å². The zero-order chi connectivity index (χ0) is 34.1. The van der Waals surface area contributed by atoms with Crippen LogP contribution in [0, 0.1) is 10.1 Å². The van der Waals surface area contributed by atoms with Gasteiger partial charge in [0.2, 0.25) is 0 Å². The zero-order valence-corrected chi connectivity index (χ0v) is 28.4. The van der Waals surface area contributed by atoms with Crippen LogP contribution in [0.4, 0.5) is 11.4 Å². The molecule has 0 saturated carbocycles. The normalized spacial score (nSPS) is 11.4. The van der Waals surface area contributed by atoms with Crippen molar-refractivity contribution in [2.24, 2.45) is 0 Å². The van der Waals surface area contributed by atoms with Crippen LogP contribution >= 0.6 is 0 Å². The van der Waals surface area contributed by atoms with E-state index in [0.717, 1.165) is 36.6 Å². The largest absolute Gasteiger partial charge is 0.457 e. The highest BCUT2D eigenvalue weighted by Gasteiger charge is 2.30. The summed E-state index contributed by atoms with van der Waals surface area (Å²) >= 11 is 0. The Bertz CT molecular complexity index is 1520. The van der Waals surface area contributed by atoms with Crippen LogP contribution in [-0.4, -0.2) is 44.0 Å². The second-order valence-electron chi connectivity index (χ2n) is 11.3. The van der Waals surface area contributed by atoms with Crippen molar-refractivity contribution in [3.63, 3.8) is 0 Å². The fraction of sp³-hybridized carbons (Fsp3) is 0.457. The average Bonchev–Trinajstić information content (AvgIpc) is 3.07. The van der Waals surface area contributed by atoms with Gasteiger partial charge in [-0.05, 0) is 54.8 Å². The summed E-state index contributed by atoms with van der Waals surface area (Å²) in [5.74, 6) is -0.327. The van der Waals surface area contributed by atoms with Crippen LogP contribution in [0.5, 0.6) is 11.5 Å². The predicted octanol–water partition coefficient (Wildman–Crippen LogP) is 8.65. The van der Waals surface area contributed by atoms with E-state index >= 15 is 0 Å². The molecule has 3 aromatic rings. The van der Waals surface area contributed by atoms with Gasteiger partial charge in [-0.15, -0.1) is 0 Å². The molecule has 3 rings (SSSR count). The molecule has 0 amide bonds. The third kappa shape index (κ3) is 11.9. The fourth-order valence-corrected chi connectivity index (χ4v) is 5.89. The smallest absolute Gasteiger partial charge is 0.338 e. The number of nitrogens with one attached hydrogen (secondary N) is 1. The Balaban J connectivity index is 1.87. The van der Waals surface area contributed by atoms with E-state index in [9.17, 15) is 23.3 Å². The maximum atomic E-state index is 14.0. The molecule has 0 aliphatic rings. The first-order chi connectivity index (χ1) is 22.7. The number of unbranched alkanes of at least 4 members (excludes halogenated alkanes) is 8. The maximum absolute atomic E-state index is 14.0. The fourth-order valence-electron chi connectivity index (χ4n) is 4.74.